The Morgan fingerprint density at radius 1 is 1.08 bits per heavy atom. The van der Waals surface area contributed by atoms with Gasteiger partial charge in [-0.15, -0.1) is 11.3 Å². The third kappa shape index (κ3) is 3.55. The molecule has 0 saturated carbocycles. The second kappa shape index (κ2) is 8.85. The summed E-state index contributed by atoms with van der Waals surface area (Å²) in [4.78, 5) is 58.8. The summed E-state index contributed by atoms with van der Waals surface area (Å²) >= 11 is 1.15. The van der Waals surface area contributed by atoms with Crippen LogP contribution in [0.1, 0.15) is 32.4 Å². The van der Waals surface area contributed by atoms with Gasteiger partial charge < -0.3 is 4.74 Å². The Kier molecular flexibility index (Phi) is 5.81. The van der Waals surface area contributed by atoms with Crippen LogP contribution in [0.25, 0.3) is 0 Å². The first-order valence-electron chi connectivity index (χ1n) is 11.1. The Morgan fingerprint density at radius 3 is 2.47 bits per heavy atom. The van der Waals surface area contributed by atoms with Crippen molar-refractivity contribution in [1.82, 2.24) is 0 Å². The van der Waals surface area contributed by atoms with E-state index in [2.05, 4.69) is 0 Å². The number of rotatable bonds is 5. The summed E-state index contributed by atoms with van der Waals surface area (Å²) in [5, 5.41) is 13.1. The van der Waals surface area contributed by atoms with Crippen LogP contribution in [-0.4, -0.2) is 35.9 Å². The summed E-state index contributed by atoms with van der Waals surface area (Å²) in [5.74, 6) is -2.80. The van der Waals surface area contributed by atoms with E-state index in [-0.39, 0.29) is 16.3 Å². The normalized spacial score (nSPS) is 21.1. The molecule has 0 N–H and O–H groups in total. The number of ether oxygens (including phenoxy) is 1. The number of benzene rings is 2. The lowest BCUT2D eigenvalue weighted by atomic mass is 9.90. The van der Waals surface area contributed by atoms with Crippen molar-refractivity contribution in [3.8, 4) is 0 Å². The molecule has 184 valence electrons. The first-order valence-corrected chi connectivity index (χ1v) is 11.9. The van der Waals surface area contributed by atoms with Crippen LogP contribution in [0.2, 0.25) is 0 Å². The summed E-state index contributed by atoms with van der Waals surface area (Å²) in [6, 6.07) is 14.0. The number of thiophene rings is 1. The van der Waals surface area contributed by atoms with Gasteiger partial charge in [-0.1, -0.05) is 30.3 Å². The molecule has 3 unspecified atom stereocenters. The van der Waals surface area contributed by atoms with E-state index in [1.807, 2.05) is 6.07 Å². The highest BCUT2D eigenvalue weighted by Crippen LogP contribution is 2.49. The predicted molar refractivity (Wildman–Crippen MR) is 131 cm³/mol. The van der Waals surface area contributed by atoms with E-state index in [9.17, 15) is 24.5 Å². The molecule has 3 heterocycles. The molecular formula is C25H21N3O7S. The summed E-state index contributed by atoms with van der Waals surface area (Å²) in [5.41, 5.74) is 1.69. The molecule has 0 bridgehead atoms. The van der Waals surface area contributed by atoms with E-state index in [1.54, 1.807) is 44.2 Å². The van der Waals surface area contributed by atoms with Gasteiger partial charge in [0.05, 0.1) is 29.3 Å². The minimum Gasteiger partial charge on any atom is -0.465 e. The van der Waals surface area contributed by atoms with Crippen LogP contribution in [0.15, 0.2) is 54.6 Å². The van der Waals surface area contributed by atoms with Gasteiger partial charge in [-0.3, -0.25) is 24.5 Å². The maximum Gasteiger partial charge on any atom is 0.341 e. The zero-order valence-electron chi connectivity index (χ0n) is 19.5. The summed E-state index contributed by atoms with van der Waals surface area (Å²) in [6.07, 6.45) is -1.17. The Morgan fingerprint density at radius 2 is 1.81 bits per heavy atom. The molecule has 5 rings (SSSR count). The molecular weight excluding hydrogens is 486 g/mol. The quantitative estimate of drug-likeness (QED) is 0.219. The van der Waals surface area contributed by atoms with Crippen molar-refractivity contribution in [3.63, 3.8) is 0 Å². The zero-order chi connectivity index (χ0) is 25.7. The molecule has 2 fully saturated rings. The Bertz CT molecular complexity index is 1400. The second-order valence-corrected chi connectivity index (χ2v) is 9.68. The third-order valence-electron chi connectivity index (χ3n) is 6.51. The predicted octanol–water partition coefficient (Wildman–Crippen LogP) is 4.11. The molecule has 3 atom stereocenters. The van der Waals surface area contributed by atoms with Crippen molar-refractivity contribution in [2.45, 2.75) is 26.0 Å². The smallest absolute Gasteiger partial charge is 0.341 e. The number of hydrogen-bond donors (Lipinski definition) is 0. The SMILES string of the molecule is COC(=O)c1c(N2C(=O)C3ON(c4ccccc4)C(c4cccc([N+](=O)[O-])c4)C3C2=O)sc(C)c1C. The minimum absolute atomic E-state index is 0.143. The van der Waals surface area contributed by atoms with Crippen LogP contribution >= 0.6 is 11.3 Å². The van der Waals surface area contributed by atoms with Crippen LogP contribution in [-0.2, 0) is 19.2 Å². The van der Waals surface area contributed by atoms with Crippen molar-refractivity contribution >= 4 is 45.5 Å². The molecule has 2 aliphatic rings. The number of hydroxylamine groups is 1. The van der Waals surface area contributed by atoms with E-state index >= 15 is 0 Å². The van der Waals surface area contributed by atoms with Gasteiger partial charge in [-0.2, -0.15) is 0 Å². The van der Waals surface area contributed by atoms with Crippen LogP contribution in [0, 0.1) is 29.9 Å². The fourth-order valence-corrected chi connectivity index (χ4v) is 5.84. The van der Waals surface area contributed by atoms with Gasteiger partial charge in [-0.25, -0.2) is 14.8 Å². The van der Waals surface area contributed by atoms with Gasteiger partial charge in [0.1, 0.15) is 10.9 Å². The number of non-ortho nitro benzene ring substituents is 1. The Hall–Kier alpha value is -4.09. The molecule has 11 heteroatoms. The fourth-order valence-electron chi connectivity index (χ4n) is 4.68. The van der Waals surface area contributed by atoms with E-state index in [1.165, 1.54) is 30.4 Å². The Labute approximate surface area is 209 Å². The van der Waals surface area contributed by atoms with Crippen LogP contribution in [0.4, 0.5) is 16.4 Å². The lowest BCUT2D eigenvalue weighted by molar-refractivity contribution is -0.384. The monoisotopic (exact) mass is 507 g/mol. The third-order valence-corrected chi connectivity index (χ3v) is 7.70. The van der Waals surface area contributed by atoms with Crippen molar-refractivity contribution in [3.05, 3.63) is 86.3 Å². The molecule has 0 radical (unpaired) electrons. The van der Waals surface area contributed by atoms with Crippen LogP contribution < -0.4 is 9.96 Å². The fraction of sp³-hybridized carbons (Fsp3) is 0.240. The van der Waals surface area contributed by atoms with Gasteiger partial charge in [-0.05, 0) is 37.1 Å². The van der Waals surface area contributed by atoms with Crippen LogP contribution in [0.3, 0.4) is 0 Å². The Balaban J connectivity index is 1.63. The molecule has 1 aromatic heterocycles. The lowest BCUT2D eigenvalue weighted by Crippen LogP contribution is -2.37. The molecule has 0 aliphatic carbocycles. The number of fused-ring (bicyclic) bond motifs is 1. The van der Waals surface area contributed by atoms with E-state index in [0.717, 1.165) is 21.1 Å². The summed E-state index contributed by atoms with van der Waals surface area (Å²) < 4.78 is 4.91. The second-order valence-electron chi connectivity index (χ2n) is 8.48. The number of para-hydroxylation sites is 1. The summed E-state index contributed by atoms with van der Waals surface area (Å²) in [7, 11) is 1.24. The molecule has 2 saturated heterocycles. The van der Waals surface area contributed by atoms with Crippen molar-refractivity contribution in [2.75, 3.05) is 17.1 Å². The van der Waals surface area contributed by atoms with E-state index in [4.69, 9.17) is 9.57 Å². The molecule has 2 aromatic carbocycles. The number of hydrogen-bond acceptors (Lipinski definition) is 9. The van der Waals surface area contributed by atoms with Gasteiger partial charge in [0.15, 0.2) is 6.10 Å². The van der Waals surface area contributed by atoms with E-state index < -0.39 is 40.8 Å². The highest BCUT2D eigenvalue weighted by Gasteiger charge is 2.61. The maximum atomic E-state index is 13.9. The number of nitrogens with zero attached hydrogens (tertiary/aromatic N) is 3. The van der Waals surface area contributed by atoms with Gasteiger partial charge in [0, 0.05) is 17.0 Å². The number of methoxy groups -OCH3 is 1. The van der Waals surface area contributed by atoms with Crippen molar-refractivity contribution in [1.29, 1.82) is 0 Å². The van der Waals surface area contributed by atoms with Gasteiger partial charge in [0.25, 0.3) is 11.6 Å². The van der Waals surface area contributed by atoms with Gasteiger partial charge >= 0.3 is 5.97 Å². The molecule has 3 aromatic rings. The number of nitro benzene ring substituents is 1. The van der Waals surface area contributed by atoms with Gasteiger partial charge in [0.2, 0.25) is 5.91 Å². The number of nitro groups is 1. The van der Waals surface area contributed by atoms with E-state index in [0.29, 0.717) is 16.8 Å². The molecule has 10 nitrogen and oxygen atoms in total. The number of imide groups is 1. The highest BCUT2D eigenvalue weighted by atomic mass is 32.1. The number of aryl methyl sites for hydroxylation is 1. The highest BCUT2D eigenvalue weighted by molar-refractivity contribution is 7.17. The minimum atomic E-state index is -1.17. The average Bonchev–Trinajstić information content (AvgIpc) is 3.49. The first kappa shape index (κ1) is 23.6. The largest absolute Gasteiger partial charge is 0.465 e. The number of carbonyl (C=O) groups is 3. The lowest BCUT2D eigenvalue weighted by Gasteiger charge is -2.28. The van der Waals surface area contributed by atoms with Crippen molar-refractivity contribution < 1.29 is 28.9 Å². The molecule has 36 heavy (non-hydrogen) atoms. The number of carbonyl (C=O) groups excluding carboxylic acids is 3. The molecule has 2 amide bonds. The standard InChI is InChI=1S/C25H21N3O7S/c1-13-14(2)36-24(18(13)25(31)34-3)26-22(29)19-20(15-8-7-11-17(12-15)28(32)33)27(35-21(19)23(26)30)16-9-5-4-6-10-16/h4-12,19-21H,1-3H3. The number of esters is 1. The number of amides is 2. The summed E-state index contributed by atoms with van der Waals surface area (Å²) in [6.45, 7) is 3.52. The average molecular weight is 508 g/mol. The zero-order valence-corrected chi connectivity index (χ0v) is 20.4. The molecule has 2 aliphatic heterocycles. The van der Waals surface area contributed by atoms with Crippen LogP contribution in [0.5, 0.6) is 0 Å². The number of anilines is 2. The maximum absolute atomic E-state index is 13.9. The molecule has 0 spiro atoms. The topological polar surface area (TPSA) is 119 Å². The van der Waals surface area contributed by atoms with Crippen molar-refractivity contribution in [2.24, 2.45) is 5.92 Å². The first-order chi connectivity index (χ1) is 17.2.